The van der Waals surface area contributed by atoms with Crippen molar-refractivity contribution in [2.24, 2.45) is 17.8 Å². The molecule has 4 aliphatic rings. The lowest BCUT2D eigenvalue weighted by Crippen LogP contribution is -2.59. The molecule has 1 amide bonds. The Hall–Kier alpha value is -0.920. The molecule has 7 heteroatoms. The molecule has 1 aromatic rings. The summed E-state index contributed by atoms with van der Waals surface area (Å²) in [4.78, 5) is 14.5. The summed E-state index contributed by atoms with van der Waals surface area (Å²) in [5.74, 6) is 2.49. The van der Waals surface area contributed by atoms with Gasteiger partial charge in [-0.2, -0.15) is 0 Å². The number of carbonyl (C=O) groups is 1. The monoisotopic (exact) mass is 382 g/mol. The van der Waals surface area contributed by atoms with Gasteiger partial charge in [-0.15, -0.1) is 11.3 Å². The average Bonchev–Trinajstić information content (AvgIpc) is 2.93. The summed E-state index contributed by atoms with van der Waals surface area (Å²) in [5, 5.41) is 3.39. The van der Waals surface area contributed by atoms with E-state index < -0.39 is 10.0 Å². The molecule has 4 aliphatic carbocycles. The number of rotatable bonds is 6. The molecule has 0 unspecified atom stereocenters. The van der Waals surface area contributed by atoms with Gasteiger partial charge in [-0.1, -0.05) is 0 Å². The van der Waals surface area contributed by atoms with E-state index in [1.807, 2.05) is 12.1 Å². The second-order valence-electron chi connectivity index (χ2n) is 8.33. The predicted molar refractivity (Wildman–Crippen MR) is 99.2 cm³/mol. The molecule has 0 radical (unpaired) electrons. The normalized spacial score (nSPS) is 33.6. The van der Waals surface area contributed by atoms with E-state index in [9.17, 15) is 13.2 Å². The van der Waals surface area contributed by atoms with Crippen LogP contribution in [0.15, 0.2) is 12.1 Å². The first-order chi connectivity index (χ1) is 11.8. The zero-order chi connectivity index (χ0) is 17.7. The van der Waals surface area contributed by atoms with Crippen LogP contribution in [-0.4, -0.2) is 32.7 Å². The van der Waals surface area contributed by atoms with Crippen molar-refractivity contribution in [3.8, 4) is 0 Å². The van der Waals surface area contributed by atoms with Gasteiger partial charge in [0.1, 0.15) is 0 Å². The highest BCUT2D eigenvalue weighted by molar-refractivity contribution is 7.88. The summed E-state index contributed by atoms with van der Waals surface area (Å²) in [5.41, 5.74) is 0.0355. The van der Waals surface area contributed by atoms with Crippen LogP contribution >= 0.6 is 11.3 Å². The molecule has 4 bridgehead atoms. The van der Waals surface area contributed by atoms with Gasteiger partial charge < -0.3 is 5.32 Å². The Balaban J connectivity index is 1.37. The van der Waals surface area contributed by atoms with Crippen LogP contribution in [0.4, 0.5) is 0 Å². The third-order valence-corrected chi connectivity index (χ3v) is 7.91. The van der Waals surface area contributed by atoms with Crippen LogP contribution in [0.2, 0.25) is 0 Å². The number of amides is 1. The van der Waals surface area contributed by atoms with E-state index in [4.69, 9.17) is 0 Å². The molecule has 0 aromatic carbocycles. The lowest BCUT2D eigenvalue weighted by molar-refractivity contribution is -0.0166. The van der Waals surface area contributed by atoms with Crippen LogP contribution in [0, 0.1) is 17.8 Å². The van der Waals surface area contributed by atoms with Crippen LogP contribution in [0.25, 0.3) is 0 Å². The maximum atomic E-state index is 12.8. The fourth-order valence-electron chi connectivity index (χ4n) is 5.56. The largest absolute Gasteiger partial charge is 0.346 e. The van der Waals surface area contributed by atoms with Gasteiger partial charge in [0.25, 0.3) is 5.91 Å². The number of thiophene rings is 1. The van der Waals surface area contributed by atoms with E-state index in [0.717, 1.165) is 53.0 Å². The highest BCUT2D eigenvalue weighted by atomic mass is 32.2. The SMILES string of the molecule is CS(=O)(=O)NCCc1ccc(C(=O)NC23CC4CC(CC(C4)C2)C3)s1. The van der Waals surface area contributed by atoms with Crippen LogP contribution in [0.1, 0.15) is 53.1 Å². The molecule has 2 N–H and O–H groups in total. The lowest BCUT2D eigenvalue weighted by atomic mass is 9.53. The van der Waals surface area contributed by atoms with Crippen molar-refractivity contribution in [2.45, 2.75) is 50.5 Å². The summed E-state index contributed by atoms with van der Waals surface area (Å²) in [6.45, 7) is 0.370. The molecule has 138 valence electrons. The zero-order valence-corrected chi connectivity index (χ0v) is 16.2. The molecule has 0 spiro atoms. The van der Waals surface area contributed by atoms with Crippen LogP contribution in [-0.2, 0) is 16.4 Å². The first kappa shape index (κ1) is 17.5. The Morgan fingerprint density at radius 1 is 1.16 bits per heavy atom. The van der Waals surface area contributed by atoms with E-state index in [2.05, 4.69) is 10.0 Å². The summed E-state index contributed by atoms with van der Waals surface area (Å²) in [6, 6.07) is 3.81. The first-order valence-corrected chi connectivity index (χ1v) is 11.9. The van der Waals surface area contributed by atoms with Crippen molar-refractivity contribution in [3.05, 3.63) is 21.9 Å². The number of carbonyl (C=O) groups excluding carboxylic acids is 1. The molecular formula is C18H26N2O3S2. The van der Waals surface area contributed by atoms with E-state index in [0.29, 0.717) is 13.0 Å². The Morgan fingerprint density at radius 2 is 1.76 bits per heavy atom. The Labute approximate surface area is 153 Å². The highest BCUT2D eigenvalue weighted by Crippen LogP contribution is 2.55. The molecular weight excluding hydrogens is 356 g/mol. The molecule has 5 rings (SSSR count). The van der Waals surface area contributed by atoms with Crippen molar-refractivity contribution in [1.29, 1.82) is 0 Å². The van der Waals surface area contributed by atoms with Gasteiger partial charge in [0.15, 0.2) is 0 Å². The minimum absolute atomic E-state index is 0.0355. The van der Waals surface area contributed by atoms with E-state index in [1.54, 1.807) is 0 Å². The summed E-state index contributed by atoms with van der Waals surface area (Å²) in [7, 11) is -3.16. The molecule has 4 saturated carbocycles. The van der Waals surface area contributed by atoms with Gasteiger partial charge in [0.05, 0.1) is 11.1 Å². The Bertz CT molecular complexity index is 734. The molecule has 0 aliphatic heterocycles. The number of nitrogens with one attached hydrogen (secondary N) is 2. The van der Waals surface area contributed by atoms with Crippen molar-refractivity contribution in [1.82, 2.24) is 10.0 Å². The van der Waals surface area contributed by atoms with Gasteiger partial charge in [-0.3, -0.25) is 4.79 Å². The van der Waals surface area contributed by atoms with Crippen LogP contribution in [0.3, 0.4) is 0 Å². The van der Waals surface area contributed by atoms with Crippen LogP contribution < -0.4 is 10.0 Å². The molecule has 1 aromatic heterocycles. The third kappa shape index (κ3) is 3.93. The second kappa shape index (κ2) is 6.35. The summed E-state index contributed by atoms with van der Waals surface area (Å²) >= 11 is 1.47. The second-order valence-corrected chi connectivity index (χ2v) is 11.3. The van der Waals surface area contributed by atoms with Gasteiger partial charge in [0.2, 0.25) is 10.0 Å². The molecule has 0 saturated heterocycles. The molecule has 1 heterocycles. The summed E-state index contributed by atoms with van der Waals surface area (Å²) in [6.07, 6.45) is 9.33. The fourth-order valence-corrected chi connectivity index (χ4v) is 6.94. The number of sulfonamides is 1. The summed E-state index contributed by atoms with van der Waals surface area (Å²) < 4.78 is 24.7. The molecule has 0 atom stereocenters. The van der Waals surface area contributed by atoms with E-state index >= 15 is 0 Å². The van der Waals surface area contributed by atoms with E-state index in [1.165, 1.54) is 30.6 Å². The highest BCUT2D eigenvalue weighted by Gasteiger charge is 2.51. The zero-order valence-electron chi connectivity index (χ0n) is 14.6. The lowest BCUT2D eigenvalue weighted by Gasteiger charge is -2.56. The Morgan fingerprint density at radius 3 is 2.32 bits per heavy atom. The average molecular weight is 383 g/mol. The van der Waals surface area contributed by atoms with Gasteiger partial charge >= 0.3 is 0 Å². The number of hydrogen-bond acceptors (Lipinski definition) is 4. The first-order valence-electron chi connectivity index (χ1n) is 9.16. The van der Waals surface area contributed by atoms with Crippen molar-refractivity contribution >= 4 is 27.3 Å². The smallest absolute Gasteiger partial charge is 0.261 e. The maximum absolute atomic E-state index is 12.8. The fraction of sp³-hybridized carbons (Fsp3) is 0.722. The van der Waals surface area contributed by atoms with Crippen molar-refractivity contribution in [2.75, 3.05) is 12.8 Å². The van der Waals surface area contributed by atoms with Crippen molar-refractivity contribution < 1.29 is 13.2 Å². The quantitative estimate of drug-likeness (QED) is 0.794. The minimum Gasteiger partial charge on any atom is -0.346 e. The van der Waals surface area contributed by atoms with Crippen LogP contribution in [0.5, 0.6) is 0 Å². The Kier molecular flexibility index (Phi) is 4.45. The standard InChI is InChI=1S/C18H26N2O3S2/c1-25(22,23)19-5-4-15-2-3-16(24-15)17(21)20-18-9-12-6-13(10-18)8-14(7-12)11-18/h2-3,12-14,19H,4-11H2,1H3,(H,20,21). The minimum atomic E-state index is -3.16. The number of hydrogen-bond donors (Lipinski definition) is 2. The van der Waals surface area contributed by atoms with Gasteiger partial charge in [-0.25, -0.2) is 13.1 Å². The molecule has 4 fully saturated rings. The third-order valence-electron chi connectivity index (χ3n) is 6.04. The maximum Gasteiger partial charge on any atom is 0.261 e. The molecule has 25 heavy (non-hydrogen) atoms. The van der Waals surface area contributed by atoms with Gasteiger partial charge in [0, 0.05) is 17.0 Å². The topological polar surface area (TPSA) is 75.3 Å². The van der Waals surface area contributed by atoms with Gasteiger partial charge in [-0.05, 0) is 74.8 Å². The molecule has 5 nitrogen and oxygen atoms in total. The van der Waals surface area contributed by atoms with Crippen molar-refractivity contribution in [3.63, 3.8) is 0 Å². The van der Waals surface area contributed by atoms with E-state index in [-0.39, 0.29) is 11.4 Å². The predicted octanol–water partition coefficient (Wildman–Crippen LogP) is 2.54.